The summed E-state index contributed by atoms with van der Waals surface area (Å²) in [4.78, 5) is 10.3. The molecule has 0 aliphatic rings. The molecular formula is C14H17OSi. The van der Waals surface area contributed by atoms with Gasteiger partial charge in [0.05, 0.1) is 0 Å². The Morgan fingerprint density at radius 2 is 1.81 bits per heavy atom. The molecule has 16 heavy (non-hydrogen) atoms. The van der Waals surface area contributed by atoms with Crippen molar-refractivity contribution in [2.75, 3.05) is 0 Å². The van der Waals surface area contributed by atoms with Crippen molar-refractivity contribution in [1.82, 2.24) is 0 Å². The zero-order valence-corrected chi connectivity index (χ0v) is 10.6. The Balaban J connectivity index is 2.36. The quantitative estimate of drug-likeness (QED) is 0.799. The van der Waals surface area contributed by atoms with E-state index in [-0.39, 0.29) is 0 Å². The zero-order valence-electron chi connectivity index (χ0n) is 9.61. The van der Waals surface area contributed by atoms with E-state index >= 15 is 0 Å². The second kappa shape index (κ2) is 5.28. The van der Waals surface area contributed by atoms with Gasteiger partial charge in [0.1, 0.15) is 0 Å². The molecule has 0 unspecified atom stereocenters. The fourth-order valence-corrected chi connectivity index (χ4v) is 3.74. The van der Waals surface area contributed by atoms with Crippen LogP contribution in [0.25, 0.3) is 10.8 Å². The van der Waals surface area contributed by atoms with Gasteiger partial charge >= 0.3 is 0 Å². The molecule has 0 bridgehead atoms. The lowest BCUT2D eigenvalue weighted by molar-refractivity contribution is 0.578. The first kappa shape index (κ1) is 11.4. The van der Waals surface area contributed by atoms with Gasteiger partial charge in [-0.25, -0.2) is 0 Å². The van der Waals surface area contributed by atoms with Gasteiger partial charge < -0.3 is 4.80 Å². The number of fused-ring (bicyclic) bond motifs is 1. The van der Waals surface area contributed by atoms with Crippen LogP contribution < -0.4 is 5.19 Å². The van der Waals surface area contributed by atoms with Crippen LogP contribution in [-0.4, -0.2) is 13.8 Å². The predicted octanol–water partition coefficient (Wildman–Crippen LogP) is 2.83. The number of unbranched alkanes of at least 4 members (excludes halogenated alkanes) is 1. The third-order valence-electron chi connectivity index (χ3n) is 2.87. The second-order valence-electron chi connectivity index (χ2n) is 4.08. The van der Waals surface area contributed by atoms with Gasteiger partial charge in [-0.05, 0) is 22.0 Å². The molecule has 0 atom stereocenters. The van der Waals surface area contributed by atoms with Gasteiger partial charge in [0, 0.05) is 0 Å². The second-order valence-corrected chi connectivity index (χ2v) is 6.01. The average molecular weight is 229 g/mol. The lowest BCUT2D eigenvalue weighted by Gasteiger charge is -2.10. The summed E-state index contributed by atoms with van der Waals surface area (Å²) < 4.78 is 0. The molecule has 2 aromatic carbocycles. The molecule has 1 nitrogen and oxygen atoms in total. The number of hydrogen-bond donors (Lipinski definition) is 1. The highest BCUT2D eigenvalue weighted by Crippen LogP contribution is 2.12. The van der Waals surface area contributed by atoms with Gasteiger partial charge in [0.15, 0.2) is 0 Å². The minimum atomic E-state index is -1.35. The highest BCUT2D eigenvalue weighted by molar-refractivity contribution is 6.68. The summed E-state index contributed by atoms with van der Waals surface area (Å²) in [5, 5.41) is 3.61. The topological polar surface area (TPSA) is 20.2 Å². The van der Waals surface area contributed by atoms with Crippen LogP contribution in [0.4, 0.5) is 0 Å². The molecule has 0 amide bonds. The summed E-state index contributed by atoms with van der Waals surface area (Å²) in [5.74, 6) is 0. The van der Waals surface area contributed by atoms with E-state index < -0.39 is 9.04 Å². The fraction of sp³-hybridized carbons (Fsp3) is 0.286. The summed E-state index contributed by atoms with van der Waals surface area (Å²) in [7, 11) is -1.35. The molecule has 0 saturated heterocycles. The van der Waals surface area contributed by atoms with E-state index in [1.165, 1.54) is 10.8 Å². The number of rotatable bonds is 4. The van der Waals surface area contributed by atoms with E-state index in [2.05, 4.69) is 31.2 Å². The van der Waals surface area contributed by atoms with E-state index in [1.807, 2.05) is 18.2 Å². The van der Waals surface area contributed by atoms with Crippen LogP contribution in [0.5, 0.6) is 0 Å². The Hall–Kier alpha value is -1.12. The van der Waals surface area contributed by atoms with Crippen LogP contribution in [0, 0.1) is 0 Å². The SMILES string of the molecule is CCCC[Si](O)c1cccc2ccccc12. The third kappa shape index (κ3) is 2.34. The molecule has 0 spiro atoms. The first-order chi connectivity index (χ1) is 7.83. The van der Waals surface area contributed by atoms with Crippen LogP contribution in [-0.2, 0) is 0 Å². The van der Waals surface area contributed by atoms with Crippen molar-refractivity contribution >= 4 is 25.0 Å². The van der Waals surface area contributed by atoms with Gasteiger partial charge in [0.25, 0.3) is 0 Å². The molecule has 0 heterocycles. The molecule has 2 rings (SSSR count). The minimum absolute atomic E-state index is 0.954. The largest absolute Gasteiger partial charge is 0.427 e. The van der Waals surface area contributed by atoms with Crippen LogP contribution in [0.15, 0.2) is 42.5 Å². The average Bonchev–Trinajstić information content (AvgIpc) is 2.35. The predicted molar refractivity (Wildman–Crippen MR) is 71.3 cm³/mol. The van der Waals surface area contributed by atoms with E-state index in [9.17, 15) is 4.80 Å². The van der Waals surface area contributed by atoms with E-state index in [1.54, 1.807) is 0 Å². The standard InChI is InChI=1S/C14H17OSi/c1-2-3-11-16(15)14-10-6-8-12-7-4-5-9-13(12)14/h4-10,15H,2-3,11H2,1H3. The lowest BCUT2D eigenvalue weighted by Crippen LogP contribution is -2.30. The maximum Gasteiger partial charge on any atom is 0.243 e. The smallest absolute Gasteiger partial charge is 0.243 e. The van der Waals surface area contributed by atoms with Gasteiger partial charge in [-0.1, -0.05) is 62.2 Å². The van der Waals surface area contributed by atoms with Gasteiger partial charge in [-0.2, -0.15) is 0 Å². The third-order valence-corrected chi connectivity index (χ3v) is 4.75. The summed E-state index contributed by atoms with van der Waals surface area (Å²) >= 11 is 0. The normalized spacial score (nSPS) is 11.2. The Labute approximate surface area is 98.5 Å². The van der Waals surface area contributed by atoms with Crippen LogP contribution in [0.2, 0.25) is 6.04 Å². The Morgan fingerprint density at radius 1 is 1.06 bits per heavy atom. The van der Waals surface area contributed by atoms with Gasteiger partial charge in [0.2, 0.25) is 9.04 Å². The van der Waals surface area contributed by atoms with Crippen LogP contribution in [0.1, 0.15) is 19.8 Å². The van der Waals surface area contributed by atoms with Crippen molar-refractivity contribution in [2.24, 2.45) is 0 Å². The zero-order chi connectivity index (χ0) is 11.4. The Kier molecular flexibility index (Phi) is 3.75. The van der Waals surface area contributed by atoms with Crippen molar-refractivity contribution in [3.05, 3.63) is 42.5 Å². The molecule has 0 aliphatic carbocycles. The van der Waals surface area contributed by atoms with Crippen molar-refractivity contribution in [1.29, 1.82) is 0 Å². The molecule has 2 heteroatoms. The summed E-state index contributed by atoms with van der Waals surface area (Å²) in [6, 6.07) is 15.5. The highest BCUT2D eigenvalue weighted by Gasteiger charge is 2.13. The van der Waals surface area contributed by atoms with Crippen molar-refractivity contribution in [3.63, 3.8) is 0 Å². The van der Waals surface area contributed by atoms with Crippen LogP contribution >= 0.6 is 0 Å². The molecule has 0 fully saturated rings. The first-order valence-corrected chi connectivity index (χ1v) is 7.51. The van der Waals surface area contributed by atoms with E-state index in [0.29, 0.717) is 0 Å². The number of hydrogen-bond acceptors (Lipinski definition) is 1. The Morgan fingerprint density at radius 3 is 2.62 bits per heavy atom. The van der Waals surface area contributed by atoms with Gasteiger partial charge in [-0.3, -0.25) is 0 Å². The maximum absolute atomic E-state index is 10.3. The summed E-state index contributed by atoms with van der Waals surface area (Å²) in [6.45, 7) is 2.16. The molecule has 1 N–H and O–H groups in total. The monoisotopic (exact) mass is 229 g/mol. The lowest BCUT2D eigenvalue weighted by atomic mass is 10.1. The molecule has 83 valence electrons. The molecule has 1 radical (unpaired) electrons. The van der Waals surface area contributed by atoms with Crippen LogP contribution in [0.3, 0.4) is 0 Å². The van der Waals surface area contributed by atoms with Crippen molar-refractivity contribution < 1.29 is 4.80 Å². The molecule has 0 aliphatic heterocycles. The maximum atomic E-state index is 10.3. The molecule has 2 aromatic rings. The minimum Gasteiger partial charge on any atom is -0.427 e. The van der Waals surface area contributed by atoms with E-state index in [0.717, 1.165) is 24.1 Å². The van der Waals surface area contributed by atoms with E-state index in [4.69, 9.17) is 0 Å². The molecule has 0 saturated carbocycles. The Bertz CT molecular complexity index is 462. The molecular weight excluding hydrogens is 212 g/mol. The fourth-order valence-electron chi connectivity index (χ4n) is 1.96. The van der Waals surface area contributed by atoms with Gasteiger partial charge in [-0.15, -0.1) is 0 Å². The van der Waals surface area contributed by atoms with Crippen molar-refractivity contribution in [2.45, 2.75) is 25.8 Å². The highest BCUT2D eigenvalue weighted by atomic mass is 28.3. The number of benzene rings is 2. The summed E-state index contributed by atoms with van der Waals surface area (Å²) in [6.07, 6.45) is 2.27. The summed E-state index contributed by atoms with van der Waals surface area (Å²) in [5.41, 5.74) is 0. The first-order valence-electron chi connectivity index (χ1n) is 5.86. The van der Waals surface area contributed by atoms with Crippen molar-refractivity contribution in [3.8, 4) is 0 Å². The molecule has 0 aromatic heterocycles.